The lowest BCUT2D eigenvalue weighted by Gasteiger charge is -2.23. The molecule has 8 nitrogen and oxygen atoms in total. The summed E-state index contributed by atoms with van der Waals surface area (Å²) in [6, 6.07) is 5.24. The second-order valence-corrected chi connectivity index (χ2v) is 8.41. The number of carbonyl (C=O) groups excluding carboxylic acids is 1. The van der Waals surface area contributed by atoms with Crippen molar-refractivity contribution in [2.45, 2.75) is 71.4 Å². The monoisotopic (exact) mass is 418 g/mol. The molecule has 0 aliphatic heterocycles. The van der Waals surface area contributed by atoms with E-state index in [1.54, 1.807) is 18.2 Å². The van der Waals surface area contributed by atoms with Gasteiger partial charge in [-0.05, 0) is 45.4 Å². The van der Waals surface area contributed by atoms with Gasteiger partial charge in [0.25, 0.3) is 5.89 Å². The van der Waals surface area contributed by atoms with Gasteiger partial charge < -0.3 is 24.9 Å². The lowest BCUT2D eigenvalue weighted by molar-refractivity contribution is -0.116. The molecular weight excluding hydrogens is 384 g/mol. The molecule has 0 fully saturated rings. The van der Waals surface area contributed by atoms with Crippen molar-refractivity contribution < 1.29 is 19.1 Å². The zero-order valence-corrected chi connectivity index (χ0v) is 18.4. The van der Waals surface area contributed by atoms with Gasteiger partial charge in [-0.3, -0.25) is 4.79 Å². The summed E-state index contributed by atoms with van der Waals surface area (Å²) in [6.07, 6.45) is 5.24. The Morgan fingerprint density at radius 1 is 1.27 bits per heavy atom. The Labute approximate surface area is 178 Å². The number of anilines is 1. The third-order valence-corrected chi connectivity index (χ3v) is 4.41. The molecule has 1 aromatic heterocycles. The molecule has 1 heterocycles. The molecule has 0 saturated heterocycles. The highest BCUT2D eigenvalue weighted by Crippen LogP contribution is 2.31. The van der Waals surface area contributed by atoms with Crippen LogP contribution in [0.15, 0.2) is 29.0 Å². The van der Waals surface area contributed by atoms with Gasteiger partial charge in [-0.1, -0.05) is 26.2 Å². The molecule has 3 N–H and O–H groups in total. The maximum absolute atomic E-state index is 12.2. The number of nitrogens with one attached hydrogen (secondary N) is 2. The van der Waals surface area contributed by atoms with E-state index in [0.717, 1.165) is 25.7 Å². The van der Waals surface area contributed by atoms with Crippen LogP contribution in [0.25, 0.3) is 11.5 Å². The molecule has 0 aliphatic carbocycles. The van der Waals surface area contributed by atoms with Crippen molar-refractivity contribution in [3.63, 3.8) is 0 Å². The lowest BCUT2D eigenvalue weighted by atomic mass is 10.1. The number of ether oxygens (including phenoxy) is 1. The van der Waals surface area contributed by atoms with Gasteiger partial charge in [0, 0.05) is 24.2 Å². The van der Waals surface area contributed by atoms with Crippen molar-refractivity contribution in [1.29, 1.82) is 0 Å². The van der Waals surface area contributed by atoms with E-state index < -0.39 is 6.10 Å². The first-order valence-electron chi connectivity index (χ1n) is 10.5. The molecule has 1 unspecified atom stereocenters. The second-order valence-electron chi connectivity index (χ2n) is 8.41. The number of hydrogen-bond acceptors (Lipinski definition) is 7. The minimum Gasteiger partial charge on any atom is -0.490 e. The number of aromatic nitrogens is 2. The van der Waals surface area contributed by atoms with Crippen molar-refractivity contribution in [2.24, 2.45) is 0 Å². The highest BCUT2D eigenvalue weighted by atomic mass is 16.5. The van der Waals surface area contributed by atoms with E-state index in [0.29, 0.717) is 30.0 Å². The Hall–Kier alpha value is -2.45. The van der Waals surface area contributed by atoms with Crippen LogP contribution < -0.4 is 15.4 Å². The van der Waals surface area contributed by atoms with E-state index in [-0.39, 0.29) is 23.9 Å². The molecule has 0 aliphatic rings. The number of benzene rings is 1. The SMILES string of the molecule is CCCCCCC(=O)Nc1ccc(OCC(O)CNC(C)(C)C)c(-c2nnco2)c1. The molecule has 0 radical (unpaired) electrons. The first-order valence-corrected chi connectivity index (χ1v) is 10.5. The fraction of sp³-hybridized carbons (Fsp3) is 0.591. The van der Waals surface area contributed by atoms with Crippen LogP contribution in [0.1, 0.15) is 59.8 Å². The van der Waals surface area contributed by atoms with E-state index >= 15 is 0 Å². The minimum absolute atomic E-state index is 0.0278. The van der Waals surface area contributed by atoms with Gasteiger partial charge in [0.15, 0.2) is 0 Å². The average molecular weight is 419 g/mol. The molecule has 2 rings (SSSR count). The summed E-state index contributed by atoms with van der Waals surface area (Å²) in [5, 5.41) is 24.0. The zero-order chi connectivity index (χ0) is 22.0. The standard InChI is InChI=1S/C22H34N4O4/c1-5-6-7-8-9-20(28)25-16-10-11-19(18(12-16)21-26-24-15-30-21)29-14-17(27)13-23-22(2,3)4/h10-12,15,17,23,27H,5-9,13-14H2,1-4H3,(H,25,28). The number of aliphatic hydroxyl groups is 1. The summed E-state index contributed by atoms with van der Waals surface area (Å²) >= 11 is 0. The van der Waals surface area contributed by atoms with Crippen LogP contribution in [0.2, 0.25) is 0 Å². The van der Waals surface area contributed by atoms with Crippen molar-refractivity contribution in [2.75, 3.05) is 18.5 Å². The van der Waals surface area contributed by atoms with Gasteiger partial charge >= 0.3 is 0 Å². The van der Waals surface area contributed by atoms with Crippen LogP contribution in [0.5, 0.6) is 5.75 Å². The minimum atomic E-state index is -0.678. The van der Waals surface area contributed by atoms with Crippen molar-refractivity contribution >= 4 is 11.6 Å². The number of hydrogen-bond donors (Lipinski definition) is 3. The Balaban J connectivity index is 2.02. The smallest absolute Gasteiger partial charge is 0.251 e. The summed E-state index contributed by atoms with van der Waals surface area (Å²) in [7, 11) is 0. The summed E-state index contributed by atoms with van der Waals surface area (Å²) in [5.41, 5.74) is 1.10. The highest BCUT2D eigenvalue weighted by Gasteiger charge is 2.17. The first-order chi connectivity index (χ1) is 14.3. The number of aliphatic hydroxyl groups excluding tert-OH is 1. The maximum atomic E-state index is 12.2. The van der Waals surface area contributed by atoms with Crippen LogP contribution in [0.3, 0.4) is 0 Å². The summed E-state index contributed by atoms with van der Waals surface area (Å²) in [5.74, 6) is 0.751. The normalized spacial score (nSPS) is 12.6. The molecule has 1 amide bonds. The van der Waals surface area contributed by atoms with Crippen LogP contribution in [-0.4, -0.2) is 46.0 Å². The predicted octanol–water partition coefficient (Wildman–Crippen LogP) is 3.77. The van der Waals surface area contributed by atoms with E-state index in [1.165, 1.54) is 6.39 Å². The largest absolute Gasteiger partial charge is 0.490 e. The first kappa shape index (κ1) is 23.8. The number of β-amino-alcohol motifs (C(OH)–C–C–N with tert-alkyl or cyclic N) is 1. The quantitative estimate of drug-likeness (QED) is 0.450. The molecule has 1 atom stereocenters. The second kappa shape index (κ2) is 11.7. The molecule has 8 heteroatoms. The molecule has 166 valence electrons. The summed E-state index contributed by atoms with van der Waals surface area (Å²) in [6.45, 7) is 8.75. The maximum Gasteiger partial charge on any atom is 0.251 e. The van der Waals surface area contributed by atoms with Crippen LogP contribution >= 0.6 is 0 Å². The number of amides is 1. The Morgan fingerprint density at radius 2 is 2.07 bits per heavy atom. The summed E-state index contributed by atoms with van der Waals surface area (Å²) < 4.78 is 11.1. The predicted molar refractivity (Wildman–Crippen MR) is 116 cm³/mol. The molecule has 1 aromatic carbocycles. The molecule has 0 saturated carbocycles. The van der Waals surface area contributed by atoms with Crippen LogP contribution in [-0.2, 0) is 4.79 Å². The number of rotatable bonds is 12. The summed E-state index contributed by atoms with van der Waals surface area (Å²) in [4.78, 5) is 12.2. The lowest BCUT2D eigenvalue weighted by Crippen LogP contribution is -2.42. The Bertz CT molecular complexity index is 772. The van der Waals surface area contributed by atoms with Gasteiger partial charge in [0.1, 0.15) is 18.5 Å². The van der Waals surface area contributed by atoms with Crippen LogP contribution in [0.4, 0.5) is 5.69 Å². The van der Waals surface area contributed by atoms with E-state index in [2.05, 4.69) is 27.8 Å². The highest BCUT2D eigenvalue weighted by molar-refractivity contribution is 5.91. The molecule has 2 aromatic rings. The third-order valence-electron chi connectivity index (χ3n) is 4.41. The van der Waals surface area contributed by atoms with Crippen molar-refractivity contribution in [1.82, 2.24) is 15.5 Å². The molecule has 0 spiro atoms. The van der Waals surface area contributed by atoms with Crippen molar-refractivity contribution in [3.05, 3.63) is 24.6 Å². The topological polar surface area (TPSA) is 110 Å². The van der Waals surface area contributed by atoms with Gasteiger partial charge in [-0.2, -0.15) is 0 Å². The Kier molecular flexibility index (Phi) is 9.26. The van der Waals surface area contributed by atoms with Crippen molar-refractivity contribution in [3.8, 4) is 17.2 Å². The zero-order valence-electron chi connectivity index (χ0n) is 18.4. The average Bonchev–Trinajstić information content (AvgIpc) is 3.23. The molecule has 30 heavy (non-hydrogen) atoms. The Morgan fingerprint density at radius 3 is 2.73 bits per heavy atom. The van der Waals surface area contributed by atoms with E-state index in [1.807, 2.05) is 20.8 Å². The van der Waals surface area contributed by atoms with Gasteiger partial charge in [0.05, 0.1) is 5.56 Å². The number of nitrogens with zero attached hydrogens (tertiary/aromatic N) is 2. The van der Waals surface area contributed by atoms with E-state index in [9.17, 15) is 9.90 Å². The molecular formula is C22H34N4O4. The van der Waals surface area contributed by atoms with Gasteiger partial charge in [0.2, 0.25) is 12.3 Å². The fourth-order valence-corrected chi connectivity index (χ4v) is 2.80. The van der Waals surface area contributed by atoms with Crippen LogP contribution in [0, 0.1) is 0 Å². The molecule has 0 bridgehead atoms. The van der Waals surface area contributed by atoms with Gasteiger partial charge in [-0.25, -0.2) is 0 Å². The van der Waals surface area contributed by atoms with E-state index in [4.69, 9.17) is 9.15 Å². The number of unbranched alkanes of at least 4 members (excludes halogenated alkanes) is 3. The fourth-order valence-electron chi connectivity index (χ4n) is 2.80. The van der Waals surface area contributed by atoms with Gasteiger partial charge in [-0.15, -0.1) is 10.2 Å². The third kappa shape index (κ3) is 8.51. The number of carbonyl (C=O) groups is 1.